The first-order valence-electron chi connectivity index (χ1n) is 4.19. The topological polar surface area (TPSA) is 13.1 Å². The van der Waals surface area contributed by atoms with E-state index in [2.05, 4.69) is 6.07 Å². The van der Waals surface area contributed by atoms with Crippen molar-refractivity contribution in [3.05, 3.63) is 48.4 Å². The van der Waals surface area contributed by atoms with Crippen LogP contribution in [-0.2, 0) is 6.18 Å². The second kappa shape index (κ2) is 3.46. The summed E-state index contributed by atoms with van der Waals surface area (Å²) in [6.07, 6.45) is -1.89. The van der Waals surface area contributed by atoms with E-state index in [1.807, 2.05) is 0 Å². The molecule has 2 aromatic rings. The number of alkyl halides is 3. The highest BCUT2D eigenvalue weighted by molar-refractivity contribution is 5.66. The average Bonchev–Trinajstić information content (AvgIpc) is 2.69. The average molecular weight is 211 g/mol. The van der Waals surface area contributed by atoms with Gasteiger partial charge in [0.25, 0.3) is 0 Å². The Morgan fingerprint density at radius 1 is 1.13 bits per heavy atom. The maximum Gasteiger partial charge on any atom is 0.417 e. The maximum atomic E-state index is 12.6. The standard InChI is InChI=1S/C11H6F3O/c12-11(13,14)10-4-2-1-3-9(10)8-5-6-15-7-8/h1-4,6-7H. The van der Waals surface area contributed by atoms with Crippen LogP contribution in [0.4, 0.5) is 13.2 Å². The normalized spacial score (nSPS) is 11.7. The van der Waals surface area contributed by atoms with Crippen molar-refractivity contribution in [2.24, 2.45) is 0 Å². The highest BCUT2D eigenvalue weighted by Gasteiger charge is 2.33. The molecule has 1 nitrogen and oxygen atoms in total. The number of halogens is 3. The fraction of sp³-hybridized carbons (Fsp3) is 0.0909. The third kappa shape index (κ3) is 1.88. The molecular weight excluding hydrogens is 205 g/mol. The minimum atomic E-state index is -4.36. The molecule has 1 aromatic carbocycles. The molecule has 0 atom stereocenters. The van der Waals surface area contributed by atoms with Crippen LogP contribution in [0.2, 0.25) is 0 Å². The Kier molecular flexibility index (Phi) is 2.26. The molecule has 0 spiro atoms. The third-order valence-corrected chi connectivity index (χ3v) is 1.99. The van der Waals surface area contributed by atoms with E-state index in [-0.39, 0.29) is 5.56 Å². The van der Waals surface area contributed by atoms with Crippen molar-refractivity contribution < 1.29 is 17.6 Å². The first kappa shape index (κ1) is 9.83. The van der Waals surface area contributed by atoms with Gasteiger partial charge in [-0.05, 0) is 11.6 Å². The molecule has 1 radical (unpaired) electrons. The van der Waals surface area contributed by atoms with Crippen LogP contribution in [-0.4, -0.2) is 0 Å². The SMILES string of the molecule is FC(F)(F)c1ccccc1-c1[c]coc1. The van der Waals surface area contributed by atoms with Gasteiger partial charge in [0.2, 0.25) is 0 Å². The highest BCUT2D eigenvalue weighted by Crippen LogP contribution is 2.36. The smallest absolute Gasteiger partial charge is 0.417 e. The molecule has 0 N–H and O–H groups in total. The molecule has 0 bridgehead atoms. The molecule has 77 valence electrons. The van der Waals surface area contributed by atoms with E-state index in [4.69, 9.17) is 4.42 Å². The van der Waals surface area contributed by atoms with Crippen LogP contribution >= 0.6 is 0 Å². The second-order valence-corrected chi connectivity index (χ2v) is 2.97. The predicted octanol–water partition coefficient (Wildman–Crippen LogP) is 3.77. The van der Waals surface area contributed by atoms with Gasteiger partial charge in [-0.15, -0.1) is 0 Å². The molecule has 1 aromatic heterocycles. The van der Waals surface area contributed by atoms with Crippen LogP contribution in [0.25, 0.3) is 11.1 Å². The summed E-state index contributed by atoms with van der Waals surface area (Å²) < 4.78 is 42.5. The van der Waals surface area contributed by atoms with Crippen LogP contribution in [0, 0.1) is 6.07 Å². The minimum absolute atomic E-state index is 0.0822. The van der Waals surface area contributed by atoms with E-state index < -0.39 is 11.7 Å². The monoisotopic (exact) mass is 211 g/mol. The Balaban J connectivity index is 2.58. The lowest BCUT2D eigenvalue weighted by Crippen LogP contribution is -2.06. The zero-order valence-electron chi connectivity index (χ0n) is 7.51. The Labute approximate surface area is 84.1 Å². The summed E-state index contributed by atoms with van der Waals surface area (Å²) in [5.74, 6) is 0. The maximum absolute atomic E-state index is 12.6. The molecule has 0 aliphatic rings. The van der Waals surface area contributed by atoms with Gasteiger partial charge in [0.15, 0.2) is 0 Å². The molecule has 0 saturated carbocycles. The van der Waals surface area contributed by atoms with Crippen molar-refractivity contribution in [1.29, 1.82) is 0 Å². The number of benzene rings is 1. The van der Waals surface area contributed by atoms with Crippen LogP contribution in [0.15, 0.2) is 41.2 Å². The number of furan rings is 1. The molecule has 0 unspecified atom stereocenters. The molecule has 0 aliphatic heterocycles. The summed E-state index contributed by atoms with van der Waals surface area (Å²) in [6.45, 7) is 0. The molecule has 0 amide bonds. The second-order valence-electron chi connectivity index (χ2n) is 2.97. The lowest BCUT2D eigenvalue weighted by Gasteiger charge is -2.10. The minimum Gasteiger partial charge on any atom is -0.471 e. The van der Waals surface area contributed by atoms with Gasteiger partial charge in [-0.2, -0.15) is 13.2 Å². The fourth-order valence-electron chi connectivity index (χ4n) is 1.34. The van der Waals surface area contributed by atoms with E-state index in [9.17, 15) is 13.2 Å². The van der Waals surface area contributed by atoms with E-state index in [0.29, 0.717) is 5.56 Å². The molecular formula is C11H6F3O. The van der Waals surface area contributed by atoms with Crippen molar-refractivity contribution >= 4 is 0 Å². The van der Waals surface area contributed by atoms with Crippen molar-refractivity contribution in [2.75, 3.05) is 0 Å². The summed E-state index contributed by atoms with van der Waals surface area (Å²) in [4.78, 5) is 0. The number of hydrogen-bond acceptors (Lipinski definition) is 1. The van der Waals surface area contributed by atoms with Gasteiger partial charge in [0.05, 0.1) is 18.1 Å². The first-order valence-corrected chi connectivity index (χ1v) is 4.19. The molecule has 0 saturated heterocycles. The molecule has 2 rings (SSSR count). The highest BCUT2D eigenvalue weighted by atomic mass is 19.4. The van der Waals surface area contributed by atoms with E-state index in [0.717, 1.165) is 6.07 Å². The van der Waals surface area contributed by atoms with E-state index in [1.165, 1.54) is 24.7 Å². The fourth-order valence-corrected chi connectivity index (χ4v) is 1.34. The molecule has 0 aliphatic carbocycles. The Hall–Kier alpha value is -1.71. The number of rotatable bonds is 1. The van der Waals surface area contributed by atoms with Gasteiger partial charge in [0, 0.05) is 11.6 Å². The van der Waals surface area contributed by atoms with Crippen molar-refractivity contribution in [3.63, 3.8) is 0 Å². The van der Waals surface area contributed by atoms with E-state index >= 15 is 0 Å². The summed E-state index contributed by atoms with van der Waals surface area (Å²) in [7, 11) is 0. The summed E-state index contributed by atoms with van der Waals surface area (Å²) >= 11 is 0. The number of hydrogen-bond donors (Lipinski definition) is 0. The molecule has 1 heterocycles. The van der Waals surface area contributed by atoms with Crippen molar-refractivity contribution in [2.45, 2.75) is 6.18 Å². The van der Waals surface area contributed by atoms with Gasteiger partial charge in [-0.25, -0.2) is 0 Å². The summed E-state index contributed by atoms with van der Waals surface area (Å²) in [5.41, 5.74) is -0.288. The lowest BCUT2D eigenvalue weighted by atomic mass is 10.0. The lowest BCUT2D eigenvalue weighted by molar-refractivity contribution is -0.137. The predicted molar refractivity (Wildman–Crippen MR) is 48.0 cm³/mol. The molecule has 15 heavy (non-hydrogen) atoms. The van der Waals surface area contributed by atoms with Crippen LogP contribution in [0.5, 0.6) is 0 Å². The quantitative estimate of drug-likeness (QED) is 0.699. The molecule has 0 fully saturated rings. The van der Waals surface area contributed by atoms with Gasteiger partial charge < -0.3 is 4.42 Å². The Morgan fingerprint density at radius 2 is 1.87 bits per heavy atom. The Morgan fingerprint density at radius 3 is 2.47 bits per heavy atom. The van der Waals surface area contributed by atoms with Gasteiger partial charge in [-0.3, -0.25) is 0 Å². The Bertz CT molecular complexity index is 443. The van der Waals surface area contributed by atoms with Crippen molar-refractivity contribution in [3.8, 4) is 11.1 Å². The van der Waals surface area contributed by atoms with Gasteiger partial charge in [-0.1, -0.05) is 18.2 Å². The third-order valence-electron chi connectivity index (χ3n) is 1.99. The van der Waals surface area contributed by atoms with Gasteiger partial charge in [0.1, 0.15) is 0 Å². The zero-order chi connectivity index (χ0) is 10.9. The zero-order valence-corrected chi connectivity index (χ0v) is 7.51. The summed E-state index contributed by atoms with van der Waals surface area (Å²) in [5, 5.41) is 0. The van der Waals surface area contributed by atoms with Crippen LogP contribution in [0.1, 0.15) is 5.56 Å². The largest absolute Gasteiger partial charge is 0.471 e. The molecule has 4 heteroatoms. The van der Waals surface area contributed by atoms with E-state index in [1.54, 1.807) is 6.07 Å². The van der Waals surface area contributed by atoms with Crippen LogP contribution in [0.3, 0.4) is 0 Å². The van der Waals surface area contributed by atoms with Gasteiger partial charge >= 0.3 is 6.18 Å². The first-order chi connectivity index (χ1) is 7.09. The van der Waals surface area contributed by atoms with Crippen molar-refractivity contribution in [1.82, 2.24) is 0 Å². The summed E-state index contributed by atoms with van der Waals surface area (Å²) in [6, 6.07) is 7.93. The van der Waals surface area contributed by atoms with Crippen LogP contribution < -0.4 is 0 Å².